The van der Waals surface area contributed by atoms with Gasteiger partial charge < -0.3 is 16.0 Å². The molecule has 0 bridgehead atoms. The summed E-state index contributed by atoms with van der Waals surface area (Å²) in [5, 5.41) is 9.50. The van der Waals surface area contributed by atoms with Gasteiger partial charge in [-0.3, -0.25) is 4.79 Å². The Kier molecular flexibility index (Phi) is 6.45. The van der Waals surface area contributed by atoms with E-state index in [-0.39, 0.29) is 5.91 Å². The average molecular weight is 297 g/mol. The summed E-state index contributed by atoms with van der Waals surface area (Å²) in [7, 11) is 0. The molecule has 0 heterocycles. The largest absolute Gasteiger partial charge is 0.355 e. The minimum Gasteiger partial charge on any atom is -0.355 e. The van der Waals surface area contributed by atoms with Crippen LogP contribution in [0.3, 0.4) is 0 Å². The van der Waals surface area contributed by atoms with Gasteiger partial charge in [-0.25, -0.2) is 0 Å². The van der Waals surface area contributed by atoms with Crippen LogP contribution in [0.15, 0.2) is 54.6 Å². The van der Waals surface area contributed by atoms with Crippen molar-refractivity contribution in [3.05, 3.63) is 60.2 Å². The SMILES string of the molecule is CCCNCCNC(=O)c1ccccc1Nc1ccccc1. The van der Waals surface area contributed by atoms with Crippen molar-refractivity contribution in [3.8, 4) is 0 Å². The Morgan fingerprint density at radius 2 is 1.64 bits per heavy atom. The maximum absolute atomic E-state index is 12.3. The second kappa shape index (κ2) is 8.85. The molecule has 1 amide bonds. The highest BCUT2D eigenvalue weighted by molar-refractivity contribution is 6.00. The number of hydrogen-bond donors (Lipinski definition) is 3. The smallest absolute Gasteiger partial charge is 0.253 e. The highest BCUT2D eigenvalue weighted by atomic mass is 16.1. The van der Waals surface area contributed by atoms with Gasteiger partial charge in [0.15, 0.2) is 0 Å². The van der Waals surface area contributed by atoms with Gasteiger partial charge in [-0.1, -0.05) is 37.3 Å². The first-order chi connectivity index (χ1) is 10.8. The van der Waals surface area contributed by atoms with Crippen molar-refractivity contribution in [2.45, 2.75) is 13.3 Å². The molecule has 0 atom stereocenters. The van der Waals surface area contributed by atoms with E-state index in [0.717, 1.165) is 30.9 Å². The third-order valence-electron chi connectivity index (χ3n) is 3.24. The van der Waals surface area contributed by atoms with Gasteiger partial charge in [0.2, 0.25) is 0 Å². The van der Waals surface area contributed by atoms with Gasteiger partial charge in [-0.15, -0.1) is 0 Å². The predicted molar refractivity (Wildman–Crippen MR) is 91.7 cm³/mol. The molecule has 4 heteroatoms. The van der Waals surface area contributed by atoms with Gasteiger partial charge in [-0.05, 0) is 37.2 Å². The van der Waals surface area contributed by atoms with Crippen molar-refractivity contribution in [1.82, 2.24) is 10.6 Å². The summed E-state index contributed by atoms with van der Waals surface area (Å²) in [6.45, 7) is 4.51. The molecular weight excluding hydrogens is 274 g/mol. The number of amides is 1. The topological polar surface area (TPSA) is 53.2 Å². The fourth-order valence-electron chi connectivity index (χ4n) is 2.13. The van der Waals surface area contributed by atoms with E-state index in [9.17, 15) is 4.79 Å². The molecule has 0 radical (unpaired) electrons. The lowest BCUT2D eigenvalue weighted by atomic mass is 10.1. The van der Waals surface area contributed by atoms with Gasteiger partial charge in [0, 0.05) is 18.8 Å². The number of nitrogens with one attached hydrogen (secondary N) is 3. The lowest BCUT2D eigenvalue weighted by Gasteiger charge is -2.12. The predicted octanol–water partition coefficient (Wildman–Crippen LogP) is 3.16. The Labute approximate surface area is 131 Å². The summed E-state index contributed by atoms with van der Waals surface area (Å²) in [5.41, 5.74) is 2.43. The van der Waals surface area contributed by atoms with Crippen LogP contribution in [0.25, 0.3) is 0 Å². The number of carbonyl (C=O) groups excluding carboxylic acids is 1. The quantitative estimate of drug-likeness (QED) is 0.656. The summed E-state index contributed by atoms with van der Waals surface area (Å²) in [6, 6.07) is 17.4. The molecule has 2 rings (SSSR count). The Morgan fingerprint density at radius 3 is 2.41 bits per heavy atom. The van der Waals surface area contributed by atoms with E-state index < -0.39 is 0 Å². The van der Waals surface area contributed by atoms with E-state index in [1.165, 1.54) is 0 Å². The summed E-state index contributed by atoms with van der Waals surface area (Å²) < 4.78 is 0. The van der Waals surface area contributed by atoms with Gasteiger partial charge >= 0.3 is 0 Å². The van der Waals surface area contributed by atoms with Crippen molar-refractivity contribution in [2.24, 2.45) is 0 Å². The molecule has 0 aliphatic carbocycles. The minimum absolute atomic E-state index is 0.0580. The molecule has 2 aromatic rings. The molecular formula is C18H23N3O. The van der Waals surface area contributed by atoms with E-state index >= 15 is 0 Å². The van der Waals surface area contributed by atoms with Gasteiger partial charge in [0.1, 0.15) is 0 Å². The first-order valence-electron chi connectivity index (χ1n) is 7.71. The number of benzene rings is 2. The molecule has 4 nitrogen and oxygen atoms in total. The molecule has 116 valence electrons. The summed E-state index contributed by atoms with van der Waals surface area (Å²) in [6.07, 6.45) is 1.10. The lowest BCUT2D eigenvalue weighted by Crippen LogP contribution is -2.32. The Bertz CT molecular complexity index is 584. The highest BCUT2D eigenvalue weighted by Crippen LogP contribution is 2.20. The minimum atomic E-state index is -0.0580. The standard InChI is InChI=1S/C18H23N3O/c1-2-12-19-13-14-20-18(22)16-10-6-7-11-17(16)21-15-8-4-3-5-9-15/h3-11,19,21H,2,12-14H2,1H3,(H,20,22). The first kappa shape index (κ1) is 16.0. The zero-order valence-electron chi connectivity index (χ0n) is 12.9. The zero-order chi connectivity index (χ0) is 15.6. The average Bonchev–Trinajstić information content (AvgIpc) is 2.56. The third kappa shape index (κ3) is 4.90. The summed E-state index contributed by atoms with van der Waals surface area (Å²) in [5.74, 6) is -0.0580. The molecule has 0 aliphatic heterocycles. The monoisotopic (exact) mass is 297 g/mol. The molecule has 0 aromatic heterocycles. The van der Waals surface area contributed by atoms with E-state index in [4.69, 9.17) is 0 Å². The number of hydrogen-bond acceptors (Lipinski definition) is 3. The van der Waals surface area contributed by atoms with E-state index in [1.807, 2.05) is 54.6 Å². The molecule has 0 spiro atoms. The summed E-state index contributed by atoms with van der Waals surface area (Å²) in [4.78, 5) is 12.3. The Morgan fingerprint density at radius 1 is 0.909 bits per heavy atom. The molecule has 0 aliphatic rings. The molecule has 0 saturated carbocycles. The Hall–Kier alpha value is -2.33. The van der Waals surface area contributed by atoms with Crippen LogP contribution in [-0.4, -0.2) is 25.5 Å². The lowest BCUT2D eigenvalue weighted by molar-refractivity contribution is 0.0955. The fraction of sp³-hybridized carbons (Fsp3) is 0.278. The van der Waals surface area contributed by atoms with Gasteiger partial charge in [0.25, 0.3) is 5.91 Å². The second-order valence-corrected chi connectivity index (χ2v) is 5.04. The maximum atomic E-state index is 12.3. The van der Waals surface area contributed by atoms with Crippen LogP contribution in [0.2, 0.25) is 0 Å². The Balaban J connectivity index is 1.97. The van der Waals surface area contributed by atoms with Crippen molar-refractivity contribution in [2.75, 3.05) is 25.0 Å². The van der Waals surface area contributed by atoms with Crippen molar-refractivity contribution >= 4 is 17.3 Å². The molecule has 2 aromatic carbocycles. The van der Waals surface area contributed by atoms with Crippen LogP contribution in [0, 0.1) is 0 Å². The van der Waals surface area contributed by atoms with Crippen LogP contribution in [0.5, 0.6) is 0 Å². The highest BCUT2D eigenvalue weighted by Gasteiger charge is 2.10. The zero-order valence-corrected chi connectivity index (χ0v) is 12.9. The number of carbonyl (C=O) groups is 1. The number of para-hydroxylation sites is 2. The van der Waals surface area contributed by atoms with E-state index in [2.05, 4.69) is 22.9 Å². The number of anilines is 2. The molecule has 0 saturated heterocycles. The van der Waals surface area contributed by atoms with Crippen molar-refractivity contribution in [1.29, 1.82) is 0 Å². The van der Waals surface area contributed by atoms with Crippen LogP contribution in [-0.2, 0) is 0 Å². The normalized spacial score (nSPS) is 10.2. The molecule has 0 unspecified atom stereocenters. The summed E-state index contributed by atoms with van der Waals surface area (Å²) >= 11 is 0. The number of rotatable bonds is 8. The van der Waals surface area contributed by atoms with E-state index in [0.29, 0.717) is 12.1 Å². The first-order valence-corrected chi connectivity index (χ1v) is 7.71. The van der Waals surface area contributed by atoms with Gasteiger partial charge in [0.05, 0.1) is 11.3 Å². The molecule has 22 heavy (non-hydrogen) atoms. The maximum Gasteiger partial charge on any atom is 0.253 e. The van der Waals surface area contributed by atoms with Crippen LogP contribution in [0.4, 0.5) is 11.4 Å². The van der Waals surface area contributed by atoms with Crippen molar-refractivity contribution in [3.63, 3.8) is 0 Å². The third-order valence-corrected chi connectivity index (χ3v) is 3.24. The van der Waals surface area contributed by atoms with Crippen LogP contribution >= 0.6 is 0 Å². The second-order valence-electron chi connectivity index (χ2n) is 5.04. The fourth-order valence-corrected chi connectivity index (χ4v) is 2.13. The van der Waals surface area contributed by atoms with Crippen LogP contribution < -0.4 is 16.0 Å². The van der Waals surface area contributed by atoms with Gasteiger partial charge in [-0.2, -0.15) is 0 Å². The van der Waals surface area contributed by atoms with Crippen molar-refractivity contribution < 1.29 is 4.79 Å². The van der Waals surface area contributed by atoms with E-state index in [1.54, 1.807) is 0 Å². The molecule has 3 N–H and O–H groups in total. The molecule has 0 fully saturated rings. The van der Waals surface area contributed by atoms with Crippen LogP contribution in [0.1, 0.15) is 23.7 Å².